The second-order valence-electron chi connectivity index (χ2n) is 3.24. The molecule has 15 heavy (non-hydrogen) atoms. The molecule has 84 valence electrons. The third-order valence-corrected chi connectivity index (χ3v) is 3.75. The van der Waals surface area contributed by atoms with Crippen LogP contribution in [0, 0.1) is 0 Å². The molecule has 1 heterocycles. The summed E-state index contributed by atoms with van der Waals surface area (Å²) in [6, 6.07) is 1.36. The van der Waals surface area contributed by atoms with Crippen molar-refractivity contribution in [1.82, 2.24) is 4.90 Å². The molecule has 0 spiro atoms. The molecule has 4 nitrogen and oxygen atoms in total. The van der Waals surface area contributed by atoms with Gasteiger partial charge in [-0.2, -0.15) is 0 Å². The van der Waals surface area contributed by atoms with Gasteiger partial charge in [-0.25, -0.2) is 0 Å². The number of carboxylic acids is 1. The quantitative estimate of drug-likeness (QED) is 0.860. The zero-order valence-electron chi connectivity index (χ0n) is 8.31. The molecule has 0 radical (unpaired) electrons. The van der Waals surface area contributed by atoms with Crippen LogP contribution in [0.3, 0.4) is 0 Å². The lowest BCUT2D eigenvalue weighted by atomic mass is 10.2. The number of carbonyl (C=O) groups is 1. The minimum atomic E-state index is -0.879. The van der Waals surface area contributed by atoms with Crippen molar-refractivity contribution in [1.29, 1.82) is 0 Å². The molecule has 0 saturated carbocycles. The van der Waals surface area contributed by atoms with Crippen LogP contribution in [0.1, 0.15) is 4.88 Å². The van der Waals surface area contributed by atoms with Crippen molar-refractivity contribution < 1.29 is 9.90 Å². The maximum absolute atomic E-state index is 10.8. The van der Waals surface area contributed by atoms with Crippen LogP contribution in [0.2, 0.25) is 0 Å². The maximum atomic E-state index is 10.8. The zero-order chi connectivity index (χ0) is 11.4. The average Bonchev–Trinajstić information content (AvgIpc) is 2.51. The number of halogens is 1. The average molecular weight is 293 g/mol. The molecule has 1 rings (SSSR count). The summed E-state index contributed by atoms with van der Waals surface area (Å²) in [5, 5.41) is 10.9. The van der Waals surface area contributed by atoms with E-state index in [1.165, 1.54) is 0 Å². The van der Waals surface area contributed by atoms with Gasteiger partial charge in [-0.15, -0.1) is 11.3 Å². The molecule has 0 bridgehead atoms. The van der Waals surface area contributed by atoms with Gasteiger partial charge in [0.15, 0.2) is 0 Å². The first-order chi connectivity index (χ1) is 7.04. The van der Waals surface area contributed by atoms with E-state index in [1.807, 2.05) is 11.4 Å². The highest BCUT2D eigenvalue weighted by Gasteiger charge is 2.20. The second-order valence-corrected chi connectivity index (χ2v) is 5.15. The largest absolute Gasteiger partial charge is 0.480 e. The third kappa shape index (κ3) is 3.57. The number of nitrogens with two attached hydrogens (primary N) is 1. The minimum Gasteiger partial charge on any atom is -0.480 e. The van der Waals surface area contributed by atoms with Crippen LogP contribution >= 0.6 is 27.3 Å². The number of rotatable bonds is 5. The number of likely N-dealkylation sites (N-methyl/N-ethyl adjacent to an activating group) is 1. The Balaban J connectivity index is 2.61. The highest BCUT2D eigenvalue weighted by atomic mass is 79.9. The van der Waals surface area contributed by atoms with Crippen molar-refractivity contribution >= 4 is 33.2 Å². The van der Waals surface area contributed by atoms with Gasteiger partial charge >= 0.3 is 5.97 Å². The van der Waals surface area contributed by atoms with E-state index < -0.39 is 12.0 Å². The van der Waals surface area contributed by atoms with Gasteiger partial charge in [-0.1, -0.05) is 0 Å². The van der Waals surface area contributed by atoms with Crippen LogP contribution in [-0.2, 0) is 11.3 Å². The van der Waals surface area contributed by atoms with Crippen molar-refractivity contribution in [2.24, 2.45) is 5.73 Å². The Hall–Kier alpha value is -0.430. The van der Waals surface area contributed by atoms with Gasteiger partial charge < -0.3 is 10.8 Å². The predicted octanol–water partition coefficient (Wildman–Crippen LogP) is 1.35. The Morgan fingerprint density at radius 2 is 2.47 bits per heavy atom. The van der Waals surface area contributed by atoms with Crippen molar-refractivity contribution in [2.45, 2.75) is 12.6 Å². The summed E-state index contributed by atoms with van der Waals surface area (Å²) in [5.74, 6) is -0.879. The molecule has 0 aromatic carbocycles. The molecule has 0 saturated heterocycles. The SMILES string of the molecule is CN(Cc1cc(Br)cs1)C(CN)C(=O)O. The third-order valence-electron chi connectivity index (χ3n) is 2.07. The van der Waals surface area contributed by atoms with Crippen LogP contribution in [-0.4, -0.2) is 35.6 Å². The molecular formula is C9H13BrN2O2S. The summed E-state index contributed by atoms with van der Waals surface area (Å²) in [5.41, 5.74) is 5.41. The van der Waals surface area contributed by atoms with Crippen LogP contribution < -0.4 is 5.73 Å². The maximum Gasteiger partial charge on any atom is 0.322 e. The fourth-order valence-electron chi connectivity index (χ4n) is 1.26. The van der Waals surface area contributed by atoms with E-state index in [9.17, 15) is 4.79 Å². The number of carboxylic acid groups (broad SMARTS) is 1. The summed E-state index contributed by atoms with van der Waals surface area (Å²) in [7, 11) is 1.76. The predicted molar refractivity (Wildman–Crippen MR) is 64.0 cm³/mol. The number of nitrogens with zero attached hydrogens (tertiary/aromatic N) is 1. The molecule has 0 aliphatic carbocycles. The molecule has 1 atom stereocenters. The van der Waals surface area contributed by atoms with E-state index >= 15 is 0 Å². The minimum absolute atomic E-state index is 0.123. The monoisotopic (exact) mass is 292 g/mol. The lowest BCUT2D eigenvalue weighted by Gasteiger charge is -2.22. The van der Waals surface area contributed by atoms with Crippen LogP contribution in [0.25, 0.3) is 0 Å². The number of hydrogen-bond acceptors (Lipinski definition) is 4. The molecule has 0 fully saturated rings. The van der Waals surface area contributed by atoms with E-state index in [4.69, 9.17) is 10.8 Å². The molecule has 3 N–H and O–H groups in total. The van der Waals surface area contributed by atoms with E-state index in [0.717, 1.165) is 9.35 Å². The summed E-state index contributed by atoms with van der Waals surface area (Å²) in [4.78, 5) is 13.7. The first-order valence-corrected chi connectivity index (χ1v) is 6.08. The van der Waals surface area contributed by atoms with Crippen molar-refractivity contribution in [3.63, 3.8) is 0 Å². The normalized spacial score (nSPS) is 13.1. The molecule has 6 heteroatoms. The van der Waals surface area contributed by atoms with Gasteiger partial charge in [0.05, 0.1) is 0 Å². The summed E-state index contributed by atoms with van der Waals surface area (Å²) in [6.07, 6.45) is 0. The van der Waals surface area contributed by atoms with Gasteiger partial charge in [0.1, 0.15) is 6.04 Å². The van der Waals surface area contributed by atoms with Crippen LogP contribution in [0.4, 0.5) is 0 Å². The Labute approximate surface area is 101 Å². The summed E-state index contributed by atoms with van der Waals surface area (Å²) in [6.45, 7) is 0.725. The Morgan fingerprint density at radius 1 is 1.80 bits per heavy atom. The Bertz CT molecular complexity index is 343. The zero-order valence-corrected chi connectivity index (χ0v) is 10.7. The van der Waals surface area contributed by atoms with Crippen molar-refractivity contribution in [3.05, 3.63) is 20.8 Å². The summed E-state index contributed by atoms with van der Waals surface area (Å²) < 4.78 is 1.02. The standard InChI is InChI=1S/C9H13BrN2O2S/c1-12(8(3-11)9(13)14)4-7-2-6(10)5-15-7/h2,5,8H,3-4,11H2,1H3,(H,13,14). The van der Waals surface area contributed by atoms with Gasteiger partial charge in [0.2, 0.25) is 0 Å². The van der Waals surface area contributed by atoms with Crippen molar-refractivity contribution in [2.75, 3.05) is 13.6 Å². The lowest BCUT2D eigenvalue weighted by Crippen LogP contribution is -2.43. The number of aliphatic carboxylic acids is 1. The molecule has 0 aliphatic heterocycles. The fourth-order valence-corrected chi connectivity index (χ4v) is 2.78. The Morgan fingerprint density at radius 3 is 2.87 bits per heavy atom. The van der Waals surface area contributed by atoms with Gasteiger partial charge in [0.25, 0.3) is 0 Å². The number of thiophene rings is 1. The highest BCUT2D eigenvalue weighted by Crippen LogP contribution is 2.21. The van der Waals surface area contributed by atoms with E-state index in [0.29, 0.717) is 6.54 Å². The fraction of sp³-hybridized carbons (Fsp3) is 0.444. The van der Waals surface area contributed by atoms with Crippen molar-refractivity contribution in [3.8, 4) is 0 Å². The Kier molecular flexibility index (Phi) is 4.72. The molecule has 0 aliphatic rings. The van der Waals surface area contributed by atoms with Gasteiger partial charge in [-0.05, 0) is 29.0 Å². The second kappa shape index (κ2) is 5.60. The first kappa shape index (κ1) is 12.6. The van der Waals surface area contributed by atoms with E-state index in [2.05, 4.69) is 15.9 Å². The molecule has 1 aromatic heterocycles. The van der Waals surface area contributed by atoms with Gasteiger partial charge in [0, 0.05) is 27.8 Å². The van der Waals surface area contributed by atoms with E-state index in [-0.39, 0.29) is 6.54 Å². The molecule has 0 amide bonds. The molecule has 1 aromatic rings. The lowest BCUT2D eigenvalue weighted by molar-refractivity contribution is -0.142. The van der Waals surface area contributed by atoms with Crippen LogP contribution in [0.15, 0.2) is 15.9 Å². The van der Waals surface area contributed by atoms with E-state index in [1.54, 1.807) is 23.3 Å². The highest BCUT2D eigenvalue weighted by molar-refractivity contribution is 9.10. The summed E-state index contributed by atoms with van der Waals surface area (Å²) >= 11 is 4.95. The first-order valence-electron chi connectivity index (χ1n) is 4.40. The van der Waals surface area contributed by atoms with Gasteiger partial charge in [-0.3, -0.25) is 9.69 Å². The topological polar surface area (TPSA) is 66.6 Å². The molecular weight excluding hydrogens is 280 g/mol. The number of hydrogen-bond donors (Lipinski definition) is 2. The molecule has 1 unspecified atom stereocenters. The van der Waals surface area contributed by atoms with Crippen LogP contribution in [0.5, 0.6) is 0 Å². The smallest absolute Gasteiger partial charge is 0.322 e.